The lowest BCUT2D eigenvalue weighted by Gasteiger charge is -2.28. The molecule has 218 valence electrons. The van der Waals surface area contributed by atoms with Gasteiger partial charge >= 0.3 is 0 Å². The van der Waals surface area contributed by atoms with Crippen LogP contribution in [-0.2, 0) is 5.41 Å². The summed E-state index contributed by atoms with van der Waals surface area (Å²) in [5, 5.41) is 7.90. The standard InChI is InChI=1S/C43H29NS2/c1-43(2)36-12-6-3-9-31(36)32-20-17-29(25-37(32)43)44(28-18-22-40-35(24-28)33-10-4-7-13-38(33)45-40)27-16-19-30-26(23-27)15-21-41-42(30)34-11-5-8-14-39(34)46-41/h3-25H,1-2H3. The Morgan fingerprint density at radius 3 is 1.93 bits per heavy atom. The molecule has 0 saturated carbocycles. The highest BCUT2D eigenvalue weighted by Crippen LogP contribution is 2.51. The lowest BCUT2D eigenvalue weighted by molar-refractivity contribution is 0.660. The van der Waals surface area contributed by atoms with E-state index in [1.54, 1.807) is 0 Å². The highest BCUT2D eigenvalue weighted by Gasteiger charge is 2.35. The van der Waals surface area contributed by atoms with E-state index < -0.39 is 0 Å². The lowest BCUT2D eigenvalue weighted by Crippen LogP contribution is -2.16. The van der Waals surface area contributed by atoms with Gasteiger partial charge in [0.05, 0.1) is 0 Å². The molecule has 1 nitrogen and oxygen atoms in total. The molecule has 0 fully saturated rings. The van der Waals surface area contributed by atoms with E-state index in [1.165, 1.54) is 90.4 Å². The minimum atomic E-state index is -0.0733. The van der Waals surface area contributed by atoms with E-state index in [2.05, 4.69) is 158 Å². The zero-order valence-electron chi connectivity index (χ0n) is 25.5. The van der Waals surface area contributed by atoms with Gasteiger partial charge in [0.2, 0.25) is 0 Å². The van der Waals surface area contributed by atoms with Crippen molar-refractivity contribution in [2.75, 3.05) is 4.90 Å². The molecule has 1 aliphatic carbocycles. The molecular formula is C43H29NS2. The summed E-state index contributed by atoms with van der Waals surface area (Å²) in [5.41, 5.74) is 8.92. The van der Waals surface area contributed by atoms with Crippen LogP contribution in [0.25, 0.3) is 62.2 Å². The largest absolute Gasteiger partial charge is 0.310 e. The first kappa shape index (κ1) is 26.3. The molecule has 10 rings (SSSR count). The summed E-state index contributed by atoms with van der Waals surface area (Å²) in [7, 11) is 0. The van der Waals surface area contributed by atoms with Crippen LogP contribution in [0.3, 0.4) is 0 Å². The van der Waals surface area contributed by atoms with Crippen LogP contribution in [0.4, 0.5) is 17.1 Å². The Kier molecular flexibility index (Phi) is 5.44. The SMILES string of the molecule is CC1(C)c2ccccc2-c2ccc(N(c3ccc4c(ccc5sc6ccccc6c54)c3)c3ccc4sc5ccccc5c4c3)cc21. The van der Waals surface area contributed by atoms with E-state index in [4.69, 9.17) is 0 Å². The van der Waals surface area contributed by atoms with Gasteiger partial charge in [-0.25, -0.2) is 0 Å². The van der Waals surface area contributed by atoms with E-state index in [-0.39, 0.29) is 5.41 Å². The van der Waals surface area contributed by atoms with Gasteiger partial charge < -0.3 is 4.90 Å². The topological polar surface area (TPSA) is 3.24 Å². The fourth-order valence-electron chi connectivity index (χ4n) is 7.81. The second-order valence-electron chi connectivity index (χ2n) is 13.0. The molecule has 0 bridgehead atoms. The first-order valence-corrected chi connectivity index (χ1v) is 17.5. The number of fused-ring (bicyclic) bond motifs is 11. The van der Waals surface area contributed by atoms with Gasteiger partial charge in [-0.1, -0.05) is 92.7 Å². The normalized spacial score (nSPS) is 13.6. The summed E-state index contributed by atoms with van der Waals surface area (Å²) >= 11 is 3.75. The predicted octanol–water partition coefficient (Wildman–Crippen LogP) is 13.4. The smallest absolute Gasteiger partial charge is 0.0468 e. The summed E-state index contributed by atoms with van der Waals surface area (Å²) in [6.07, 6.45) is 0. The van der Waals surface area contributed by atoms with Crippen LogP contribution < -0.4 is 4.90 Å². The minimum absolute atomic E-state index is 0.0733. The molecule has 46 heavy (non-hydrogen) atoms. The van der Waals surface area contributed by atoms with E-state index in [0.29, 0.717) is 0 Å². The maximum absolute atomic E-state index is 2.46. The Hall–Kier alpha value is -4.96. The first-order chi connectivity index (χ1) is 22.5. The third kappa shape index (κ3) is 3.67. The molecule has 2 aromatic heterocycles. The molecule has 0 atom stereocenters. The monoisotopic (exact) mass is 623 g/mol. The van der Waals surface area contributed by atoms with Crippen LogP contribution >= 0.6 is 22.7 Å². The fourth-order valence-corrected chi connectivity index (χ4v) is 10.0. The van der Waals surface area contributed by atoms with Crippen LogP contribution in [-0.4, -0.2) is 0 Å². The van der Waals surface area contributed by atoms with Crippen molar-refractivity contribution in [3.63, 3.8) is 0 Å². The maximum Gasteiger partial charge on any atom is 0.0468 e. The molecule has 0 aliphatic heterocycles. The van der Waals surface area contributed by atoms with Crippen LogP contribution in [0.1, 0.15) is 25.0 Å². The molecule has 9 aromatic rings. The van der Waals surface area contributed by atoms with Crippen molar-refractivity contribution in [1.29, 1.82) is 0 Å². The number of thiophene rings is 2. The van der Waals surface area contributed by atoms with E-state index in [0.717, 1.165) is 0 Å². The number of benzene rings is 7. The summed E-state index contributed by atoms with van der Waals surface area (Å²) < 4.78 is 5.33. The number of nitrogens with zero attached hydrogens (tertiary/aromatic N) is 1. The van der Waals surface area contributed by atoms with Crippen molar-refractivity contribution in [2.45, 2.75) is 19.3 Å². The zero-order chi connectivity index (χ0) is 30.6. The number of anilines is 3. The lowest BCUT2D eigenvalue weighted by atomic mass is 9.82. The highest BCUT2D eigenvalue weighted by atomic mass is 32.1. The van der Waals surface area contributed by atoms with E-state index in [9.17, 15) is 0 Å². The van der Waals surface area contributed by atoms with Crippen molar-refractivity contribution in [3.05, 3.63) is 151 Å². The Balaban J connectivity index is 1.21. The van der Waals surface area contributed by atoms with Crippen LogP contribution in [0, 0.1) is 0 Å². The van der Waals surface area contributed by atoms with Gasteiger partial charge in [0, 0.05) is 62.8 Å². The first-order valence-electron chi connectivity index (χ1n) is 15.8. The fraction of sp³-hybridized carbons (Fsp3) is 0.0698. The van der Waals surface area contributed by atoms with Gasteiger partial charge in [0.25, 0.3) is 0 Å². The van der Waals surface area contributed by atoms with Gasteiger partial charge in [0.15, 0.2) is 0 Å². The van der Waals surface area contributed by atoms with E-state index >= 15 is 0 Å². The molecule has 0 unspecified atom stereocenters. The van der Waals surface area contributed by atoms with Crippen molar-refractivity contribution in [1.82, 2.24) is 0 Å². The van der Waals surface area contributed by atoms with Gasteiger partial charge in [-0.15, -0.1) is 22.7 Å². The molecule has 2 heterocycles. The summed E-state index contributed by atoms with van der Waals surface area (Å²) in [4.78, 5) is 2.46. The van der Waals surface area contributed by atoms with Gasteiger partial charge in [0.1, 0.15) is 0 Å². The summed E-state index contributed by atoms with van der Waals surface area (Å²) in [6, 6.07) is 52.2. The predicted molar refractivity (Wildman–Crippen MR) is 202 cm³/mol. The van der Waals surface area contributed by atoms with Crippen LogP contribution in [0.2, 0.25) is 0 Å². The molecule has 0 amide bonds. The van der Waals surface area contributed by atoms with Crippen molar-refractivity contribution in [2.24, 2.45) is 0 Å². The molecule has 0 radical (unpaired) electrons. The average molecular weight is 624 g/mol. The summed E-state index contributed by atoms with van der Waals surface area (Å²) in [6.45, 7) is 4.73. The number of hydrogen-bond acceptors (Lipinski definition) is 3. The Morgan fingerprint density at radius 2 is 1.04 bits per heavy atom. The third-order valence-electron chi connectivity index (χ3n) is 10.0. The van der Waals surface area contributed by atoms with Crippen molar-refractivity contribution in [3.8, 4) is 11.1 Å². The number of hydrogen-bond donors (Lipinski definition) is 0. The van der Waals surface area contributed by atoms with Gasteiger partial charge in [-0.2, -0.15) is 0 Å². The molecule has 1 aliphatic rings. The molecule has 0 saturated heterocycles. The highest BCUT2D eigenvalue weighted by molar-refractivity contribution is 7.26. The second-order valence-corrected chi connectivity index (χ2v) is 15.1. The summed E-state index contributed by atoms with van der Waals surface area (Å²) in [5.74, 6) is 0. The zero-order valence-corrected chi connectivity index (χ0v) is 27.2. The Morgan fingerprint density at radius 1 is 0.435 bits per heavy atom. The second kappa shape index (κ2) is 9.53. The maximum atomic E-state index is 2.46. The van der Waals surface area contributed by atoms with E-state index in [1.807, 2.05) is 22.7 Å². The number of rotatable bonds is 3. The van der Waals surface area contributed by atoms with Crippen LogP contribution in [0.5, 0.6) is 0 Å². The molecule has 3 heteroatoms. The Labute approximate surface area is 275 Å². The van der Waals surface area contributed by atoms with Gasteiger partial charge in [-0.05, 0) is 93.7 Å². The molecule has 0 spiro atoms. The minimum Gasteiger partial charge on any atom is -0.310 e. The molecular weight excluding hydrogens is 595 g/mol. The third-order valence-corrected chi connectivity index (χ3v) is 12.3. The average Bonchev–Trinajstić information content (AvgIpc) is 3.73. The van der Waals surface area contributed by atoms with Gasteiger partial charge in [-0.3, -0.25) is 0 Å². The van der Waals surface area contributed by atoms with Crippen LogP contribution in [0.15, 0.2) is 140 Å². The quantitative estimate of drug-likeness (QED) is 0.189. The molecule has 7 aromatic carbocycles. The Bertz CT molecular complexity index is 2690. The van der Waals surface area contributed by atoms with Crippen molar-refractivity contribution >= 4 is 90.9 Å². The van der Waals surface area contributed by atoms with Crippen molar-refractivity contribution < 1.29 is 0 Å². The molecule has 0 N–H and O–H groups in total.